The van der Waals surface area contributed by atoms with Crippen molar-refractivity contribution < 1.29 is 50.2 Å². The van der Waals surface area contributed by atoms with Crippen LogP contribution in [0.1, 0.15) is 66.0 Å². The molecule has 0 bridgehead atoms. The lowest BCUT2D eigenvalue weighted by Crippen LogP contribution is -2.42. The number of nitrogens with zero attached hydrogens (tertiary/aromatic N) is 1. The van der Waals surface area contributed by atoms with Gasteiger partial charge in [0, 0.05) is 26.2 Å². The lowest BCUT2D eigenvalue weighted by molar-refractivity contribution is -0.142. The molecule has 41 heavy (non-hydrogen) atoms. The minimum atomic E-state index is -4.47. The Morgan fingerprint density at radius 1 is 0.927 bits per heavy atom. The molecule has 2 aromatic rings. The minimum Gasteiger partial charge on any atom is -0.469 e. The molecule has 0 aliphatic carbocycles. The molecule has 0 saturated carbocycles. The predicted octanol–water partition coefficient (Wildman–Crippen LogP) is 5.80. The molecule has 0 saturated heterocycles. The Morgan fingerprint density at radius 3 is 2.00 bits per heavy atom. The van der Waals surface area contributed by atoms with E-state index in [-0.39, 0.29) is 13.1 Å². The van der Waals surface area contributed by atoms with Crippen LogP contribution in [0, 0.1) is 0 Å². The molecule has 2 atom stereocenters. The lowest BCUT2D eigenvalue weighted by atomic mass is 9.89. The topological polar surface area (TPSA) is 84.9 Å². The van der Waals surface area contributed by atoms with E-state index in [1.165, 1.54) is 24.1 Å². The highest BCUT2D eigenvalue weighted by Crippen LogP contribution is 2.36. The zero-order valence-corrected chi connectivity index (χ0v) is 22.8. The Hall–Kier alpha value is -3.61. The van der Waals surface area contributed by atoms with Gasteiger partial charge in [-0.15, -0.1) is 0 Å². The van der Waals surface area contributed by atoms with Crippen LogP contribution in [0.2, 0.25) is 0 Å². The predicted molar refractivity (Wildman–Crippen MR) is 135 cm³/mol. The van der Waals surface area contributed by atoms with Crippen molar-refractivity contribution in [3.05, 3.63) is 69.8 Å². The van der Waals surface area contributed by atoms with Gasteiger partial charge in [0.05, 0.1) is 30.1 Å². The molecule has 1 amide bonds. The summed E-state index contributed by atoms with van der Waals surface area (Å²) < 4.78 is 86.1. The summed E-state index contributed by atoms with van der Waals surface area (Å²) in [5.41, 5.74) is -0.288. The molecular formula is C28H30F6N2O5. The first-order valence-electron chi connectivity index (χ1n) is 12.6. The van der Waals surface area contributed by atoms with Gasteiger partial charge in [0.2, 0.25) is 0 Å². The van der Waals surface area contributed by atoms with E-state index in [1.807, 2.05) is 0 Å². The maximum Gasteiger partial charge on any atom is 0.416 e. The van der Waals surface area contributed by atoms with Crippen LogP contribution in [0.4, 0.5) is 31.1 Å². The summed E-state index contributed by atoms with van der Waals surface area (Å²) >= 11 is 0. The number of alkyl halides is 6. The molecule has 2 aliphatic rings. The van der Waals surface area contributed by atoms with Crippen molar-refractivity contribution in [3.8, 4) is 0 Å². The second-order valence-electron chi connectivity index (χ2n) is 10.6. The number of hydrogen-bond donors (Lipinski definition) is 1. The SMILES string of the molecule is CC(C)(C)OC(=O)N1Cc2cc(C(F)(F)F)ccc2C(C=O)C1.COC(=O)C1CNCc2cc(C(F)(F)F)ccc21. The number of esters is 1. The third-order valence-corrected chi connectivity index (χ3v) is 6.46. The molecule has 1 N–H and O–H groups in total. The van der Waals surface area contributed by atoms with Crippen LogP contribution < -0.4 is 5.32 Å². The monoisotopic (exact) mass is 588 g/mol. The standard InChI is InChI=1S/C16H18F3NO3.C12H12F3NO2/c1-15(2,3)23-14(22)20-7-10-6-12(16(17,18)19)4-5-13(10)11(8-20)9-21;1-18-11(17)10-6-16-5-7-4-8(12(13,14)15)2-3-9(7)10/h4-6,9,11H,7-8H2,1-3H3;2-4,10,16H,5-6H2,1H3. The van der Waals surface area contributed by atoms with Crippen LogP contribution in [-0.2, 0) is 44.5 Å². The maximum atomic E-state index is 12.8. The van der Waals surface area contributed by atoms with Crippen molar-refractivity contribution in [3.63, 3.8) is 0 Å². The Balaban J connectivity index is 0.000000232. The van der Waals surface area contributed by atoms with Crippen molar-refractivity contribution >= 4 is 18.3 Å². The van der Waals surface area contributed by atoms with Crippen molar-refractivity contribution in [1.29, 1.82) is 0 Å². The van der Waals surface area contributed by atoms with Gasteiger partial charge < -0.3 is 24.5 Å². The zero-order chi connectivity index (χ0) is 30.8. The number of aldehydes is 1. The molecule has 2 unspecified atom stereocenters. The summed E-state index contributed by atoms with van der Waals surface area (Å²) in [7, 11) is 1.26. The van der Waals surface area contributed by atoms with E-state index in [1.54, 1.807) is 20.8 Å². The largest absolute Gasteiger partial charge is 0.469 e. The molecule has 0 aromatic heterocycles. The number of ether oxygens (including phenoxy) is 2. The van der Waals surface area contributed by atoms with E-state index >= 15 is 0 Å². The number of methoxy groups -OCH3 is 1. The Morgan fingerprint density at radius 2 is 1.49 bits per heavy atom. The van der Waals surface area contributed by atoms with Gasteiger partial charge in [-0.1, -0.05) is 12.1 Å². The fraction of sp³-hybridized carbons (Fsp3) is 0.464. The van der Waals surface area contributed by atoms with Gasteiger partial charge >= 0.3 is 24.4 Å². The number of carbonyl (C=O) groups excluding carboxylic acids is 3. The van der Waals surface area contributed by atoms with E-state index in [9.17, 15) is 40.7 Å². The van der Waals surface area contributed by atoms with Crippen LogP contribution in [0.3, 0.4) is 0 Å². The van der Waals surface area contributed by atoms with Crippen molar-refractivity contribution in [2.45, 2.75) is 63.7 Å². The average molecular weight is 589 g/mol. The highest BCUT2D eigenvalue weighted by Gasteiger charge is 2.36. The van der Waals surface area contributed by atoms with Gasteiger partial charge in [-0.2, -0.15) is 26.3 Å². The highest BCUT2D eigenvalue weighted by atomic mass is 19.4. The molecule has 2 aromatic carbocycles. The summed E-state index contributed by atoms with van der Waals surface area (Å²) in [6.07, 6.45) is -8.84. The van der Waals surface area contributed by atoms with E-state index in [2.05, 4.69) is 10.1 Å². The molecule has 4 rings (SSSR count). The molecule has 2 heterocycles. The highest BCUT2D eigenvalue weighted by molar-refractivity contribution is 5.79. The normalized spacial score (nSPS) is 18.7. The average Bonchev–Trinajstić information content (AvgIpc) is 2.89. The number of rotatable bonds is 2. The van der Waals surface area contributed by atoms with Crippen molar-refractivity contribution in [2.24, 2.45) is 0 Å². The molecule has 0 spiro atoms. The van der Waals surface area contributed by atoms with E-state index in [0.29, 0.717) is 41.6 Å². The fourth-order valence-electron chi connectivity index (χ4n) is 4.56. The van der Waals surface area contributed by atoms with Gasteiger partial charge in [-0.05, 0) is 67.3 Å². The summed E-state index contributed by atoms with van der Waals surface area (Å²) in [4.78, 5) is 36.2. The lowest BCUT2D eigenvalue weighted by Gasteiger charge is -2.34. The van der Waals surface area contributed by atoms with E-state index in [0.717, 1.165) is 24.3 Å². The third kappa shape index (κ3) is 7.99. The number of fused-ring (bicyclic) bond motifs is 2. The second kappa shape index (κ2) is 12.1. The van der Waals surface area contributed by atoms with Gasteiger partial charge in [0.15, 0.2) is 0 Å². The number of halogens is 6. The number of benzene rings is 2. The minimum absolute atomic E-state index is 0.0154. The Labute approximate surface area is 232 Å². The second-order valence-corrected chi connectivity index (χ2v) is 10.6. The molecule has 7 nitrogen and oxygen atoms in total. The number of nitrogens with one attached hydrogen (secondary N) is 1. The van der Waals surface area contributed by atoms with E-state index < -0.39 is 53.0 Å². The first-order chi connectivity index (χ1) is 18.9. The van der Waals surface area contributed by atoms with E-state index in [4.69, 9.17) is 4.74 Å². The summed E-state index contributed by atoms with van der Waals surface area (Å²) in [5, 5.41) is 2.92. The quantitative estimate of drug-likeness (QED) is 0.271. The van der Waals surface area contributed by atoms with Gasteiger partial charge in [0.1, 0.15) is 11.9 Å². The smallest absolute Gasteiger partial charge is 0.416 e. The molecule has 0 fully saturated rings. The zero-order valence-electron chi connectivity index (χ0n) is 22.8. The number of carbonyl (C=O) groups is 3. The van der Waals surface area contributed by atoms with Crippen LogP contribution in [0.15, 0.2) is 36.4 Å². The summed E-state index contributed by atoms with van der Waals surface area (Å²) in [6, 6.07) is 6.70. The first-order valence-corrected chi connectivity index (χ1v) is 12.6. The molecule has 2 aliphatic heterocycles. The molecular weight excluding hydrogens is 558 g/mol. The summed E-state index contributed by atoms with van der Waals surface area (Å²) in [5.74, 6) is -1.64. The van der Waals surface area contributed by atoms with Crippen LogP contribution in [-0.4, -0.2) is 49.0 Å². The van der Waals surface area contributed by atoms with Crippen LogP contribution in [0.25, 0.3) is 0 Å². The van der Waals surface area contributed by atoms with Crippen molar-refractivity contribution in [2.75, 3.05) is 20.2 Å². The van der Waals surface area contributed by atoms with Crippen LogP contribution >= 0.6 is 0 Å². The van der Waals surface area contributed by atoms with Gasteiger partial charge in [0.25, 0.3) is 0 Å². The first kappa shape index (κ1) is 31.9. The van der Waals surface area contributed by atoms with Crippen LogP contribution in [0.5, 0.6) is 0 Å². The van der Waals surface area contributed by atoms with Crippen molar-refractivity contribution in [1.82, 2.24) is 10.2 Å². The van der Waals surface area contributed by atoms with Gasteiger partial charge in [-0.3, -0.25) is 4.79 Å². The number of hydrogen-bond acceptors (Lipinski definition) is 6. The number of amides is 1. The third-order valence-electron chi connectivity index (χ3n) is 6.46. The maximum absolute atomic E-state index is 12.8. The summed E-state index contributed by atoms with van der Waals surface area (Å²) in [6.45, 7) is 5.87. The molecule has 224 valence electrons. The Kier molecular flexibility index (Phi) is 9.41. The Bertz CT molecular complexity index is 1290. The molecule has 13 heteroatoms. The molecule has 0 radical (unpaired) electrons. The van der Waals surface area contributed by atoms with Gasteiger partial charge in [-0.25, -0.2) is 4.79 Å². The fourth-order valence-corrected chi connectivity index (χ4v) is 4.56.